The van der Waals surface area contributed by atoms with Crippen LogP contribution in [-0.2, 0) is 18.8 Å². The molecule has 96 valence electrons. The first-order valence-corrected chi connectivity index (χ1v) is 7.98. The lowest BCUT2D eigenvalue weighted by atomic mass is 10.4. The smallest absolute Gasteiger partial charge is 0.333 e. The van der Waals surface area contributed by atoms with Gasteiger partial charge in [0, 0.05) is 11.1 Å². The zero-order chi connectivity index (χ0) is 13.4. The van der Waals surface area contributed by atoms with Crippen LogP contribution in [0, 0.1) is 0 Å². The summed E-state index contributed by atoms with van der Waals surface area (Å²) in [6, 6.07) is 0.780. The van der Waals surface area contributed by atoms with Crippen molar-refractivity contribution in [3.05, 3.63) is 24.3 Å². The highest BCUT2D eigenvalue weighted by atomic mass is 28.3. The standard InChI is InChI=1S/C12H20O4Si/c1-9(2)11(13)15-7-6-8-17(5)16-12(14)10(3)4/h17H,1,3,6-8H2,2,4-5H3. The quantitative estimate of drug-likeness (QED) is 0.302. The molecule has 0 aromatic heterocycles. The van der Waals surface area contributed by atoms with E-state index in [0.717, 1.165) is 6.04 Å². The van der Waals surface area contributed by atoms with E-state index in [1.807, 2.05) is 6.55 Å². The third-order valence-corrected chi connectivity index (χ3v) is 3.83. The molecule has 0 aliphatic rings. The lowest BCUT2D eigenvalue weighted by molar-refractivity contribution is -0.139. The van der Waals surface area contributed by atoms with Gasteiger partial charge in [-0.05, 0) is 32.9 Å². The van der Waals surface area contributed by atoms with Crippen molar-refractivity contribution in [3.8, 4) is 0 Å². The first-order chi connectivity index (χ1) is 7.84. The van der Waals surface area contributed by atoms with Gasteiger partial charge in [-0.2, -0.15) is 0 Å². The minimum atomic E-state index is -1.53. The average Bonchev–Trinajstić information content (AvgIpc) is 2.23. The van der Waals surface area contributed by atoms with Crippen molar-refractivity contribution >= 4 is 21.0 Å². The first kappa shape index (κ1) is 15.6. The van der Waals surface area contributed by atoms with Crippen LogP contribution in [0.5, 0.6) is 0 Å². The molecule has 0 radical (unpaired) electrons. The molecule has 0 aliphatic carbocycles. The molecule has 0 saturated carbocycles. The maximum atomic E-state index is 11.2. The van der Waals surface area contributed by atoms with E-state index in [4.69, 9.17) is 9.16 Å². The van der Waals surface area contributed by atoms with Gasteiger partial charge in [0.2, 0.25) is 9.04 Å². The highest BCUT2D eigenvalue weighted by Gasteiger charge is 2.12. The van der Waals surface area contributed by atoms with Crippen molar-refractivity contribution in [2.75, 3.05) is 6.61 Å². The van der Waals surface area contributed by atoms with Gasteiger partial charge in [-0.15, -0.1) is 0 Å². The highest BCUT2D eigenvalue weighted by Crippen LogP contribution is 2.04. The van der Waals surface area contributed by atoms with Crippen molar-refractivity contribution in [2.45, 2.75) is 32.9 Å². The summed E-state index contributed by atoms with van der Waals surface area (Å²) in [5.74, 6) is -0.707. The molecule has 1 atom stereocenters. The summed E-state index contributed by atoms with van der Waals surface area (Å²) < 4.78 is 10.1. The van der Waals surface area contributed by atoms with Crippen molar-refractivity contribution in [3.63, 3.8) is 0 Å². The van der Waals surface area contributed by atoms with Gasteiger partial charge in [-0.1, -0.05) is 13.2 Å². The van der Waals surface area contributed by atoms with Crippen molar-refractivity contribution in [1.29, 1.82) is 0 Å². The van der Waals surface area contributed by atoms with Gasteiger partial charge in [0.25, 0.3) is 0 Å². The van der Waals surface area contributed by atoms with E-state index in [2.05, 4.69) is 13.2 Å². The average molecular weight is 256 g/mol. The molecule has 0 aliphatic heterocycles. The van der Waals surface area contributed by atoms with Crippen LogP contribution in [0.25, 0.3) is 0 Å². The molecule has 0 spiro atoms. The van der Waals surface area contributed by atoms with E-state index in [9.17, 15) is 9.59 Å². The Kier molecular flexibility index (Phi) is 7.21. The van der Waals surface area contributed by atoms with Gasteiger partial charge in [0.15, 0.2) is 0 Å². The van der Waals surface area contributed by atoms with E-state index in [1.54, 1.807) is 13.8 Å². The topological polar surface area (TPSA) is 52.6 Å². The molecule has 0 N–H and O–H groups in total. The molecule has 0 aromatic carbocycles. The first-order valence-electron chi connectivity index (χ1n) is 5.53. The minimum absolute atomic E-state index is 0.330. The summed E-state index contributed by atoms with van der Waals surface area (Å²) in [5, 5.41) is 0. The van der Waals surface area contributed by atoms with Gasteiger partial charge in [-0.3, -0.25) is 0 Å². The summed E-state index contributed by atoms with van der Waals surface area (Å²) in [4.78, 5) is 22.2. The zero-order valence-electron chi connectivity index (χ0n) is 10.7. The monoisotopic (exact) mass is 256 g/mol. The molecule has 1 unspecified atom stereocenters. The molecule has 0 heterocycles. The second-order valence-corrected chi connectivity index (χ2v) is 6.49. The van der Waals surface area contributed by atoms with Crippen LogP contribution in [0.15, 0.2) is 24.3 Å². The van der Waals surface area contributed by atoms with E-state index < -0.39 is 9.04 Å². The van der Waals surface area contributed by atoms with Gasteiger partial charge in [-0.25, -0.2) is 9.59 Å². The Morgan fingerprint density at radius 1 is 1.12 bits per heavy atom. The molecule has 5 heteroatoms. The molecule has 0 bridgehead atoms. The second kappa shape index (κ2) is 7.84. The molecule has 0 saturated heterocycles. The predicted octanol–water partition coefficient (Wildman–Crippen LogP) is 1.97. The Morgan fingerprint density at radius 3 is 2.12 bits per heavy atom. The Balaban J connectivity index is 3.68. The fourth-order valence-corrected chi connectivity index (χ4v) is 2.43. The number of ether oxygens (including phenoxy) is 1. The van der Waals surface area contributed by atoms with E-state index in [-0.39, 0.29) is 11.9 Å². The maximum Gasteiger partial charge on any atom is 0.333 e. The summed E-state index contributed by atoms with van der Waals surface area (Å²) in [5.41, 5.74) is 0.807. The molecule has 0 aromatic rings. The van der Waals surface area contributed by atoms with Gasteiger partial charge in [0.05, 0.1) is 6.61 Å². The number of rotatable bonds is 7. The van der Waals surface area contributed by atoms with Crippen LogP contribution < -0.4 is 0 Å². The predicted molar refractivity (Wildman–Crippen MR) is 69.1 cm³/mol. The molecule has 4 nitrogen and oxygen atoms in total. The van der Waals surface area contributed by atoms with Crippen LogP contribution in [0.3, 0.4) is 0 Å². The van der Waals surface area contributed by atoms with Crippen LogP contribution >= 0.6 is 0 Å². The molecule has 0 amide bonds. The SMILES string of the molecule is C=C(C)C(=O)OCCC[SiH](C)OC(=O)C(=C)C. The molecular weight excluding hydrogens is 236 g/mol. The fraction of sp³-hybridized carbons (Fsp3) is 0.500. The zero-order valence-corrected chi connectivity index (χ0v) is 11.9. The minimum Gasteiger partial charge on any atom is -0.519 e. The third-order valence-electron chi connectivity index (χ3n) is 1.99. The summed E-state index contributed by atoms with van der Waals surface area (Å²) in [6.45, 7) is 12.5. The Labute approximate surface area is 104 Å². The van der Waals surface area contributed by atoms with Crippen molar-refractivity contribution in [2.24, 2.45) is 0 Å². The molecular formula is C12H20O4Si. The summed E-state index contributed by atoms with van der Waals surface area (Å²) in [6.07, 6.45) is 0.704. The number of carbonyl (C=O) groups excluding carboxylic acids is 2. The lowest BCUT2D eigenvalue weighted by Gasteiger charge is -2.11. The van der Waals surface area contributed by atoms with E-state index in [0.29, 0.717) is 24.2 Å². The summed E-state index contributed by atoms with van der Waals surface area (Å²) >= 11 is 0. The van der Waals surface area contributed by atoms with Crippen LogP contribution in [-0.4, -0.2) is 27.6 Å². The van der Waals surface area contributed by atoms with Crippen molar-refractivity contribution < 1.29 is 18.8 Å². The lowest BCUT2D eigenvalue weighted by Crippen LogP contribution is -2.20. The van der Waals surface area contributed by atoms with E-state index in [1.165, 1.54) is 0 Å². The summed E-state index contributed by atoms with van der Waals surface area (Å²) in [7, 11) is -1.53. The van der Waals surface area contributed by atoms with Gasteiger partial charge >= 0.3 is 11.9 Å². The molecule has 0 fully saturated rings. The fourth-order valence-electron chi connectivity index (χ4n) is 1.00. The number of carbonyl (C=O) groups is 2. The molecule has 0 rings (SSSR count). The van der Waals surface area contributed by atoms with Gasteiger partial charge < -0.3 is 9.16 Å². The Hall–Kier alpha value is -1.36. The van der Waals surface area contributed by atoms with Crippen molar-refractivity contribution in [1.82, 2.24) is 0 Å². The number of esters is 1. The van der Waals surface area contributed by atoms with Crippen LogP contribution in [0.4, 0.5) is 0 Å². The largest absolute Gasteiger partial charge is 0.519 e. The normalized spacial score (nSPS) is 11.5. The highest BCUT2D eigenvalue weighted by molar-refractivity contribution is 6.52. The Morgan fingerprint density at radius 2 is 1.65 bits per heavy atom. The molecule has 17 heavy (non-hydrogen) atoms. The number of hydrogen-bond acceptors (Lipinski definition) is 4. The van der Waals surface area contributed by atoms with Crippen LogP contribution in [0.2, 0.25) is 12.6 Å². The Bertz CT molecular complexity index is 322. The van der Waals surface area contributed by atoms with Crippen LogP contribution in [0.1, 0.15) is 20.3 Å². The maximum absolute atomic E-state index is 11.2. The van der Waals surface area contributed by atoms with E-state index >= 15 is 0 Å². The second-order valence-electron chi connectivity index (χ2n) is 4.05. The number of hydrogen-bond donors (Lipinski definition) is 0. The van der Waals surface area contributed by atoms with Gasteiger partial charge in [0.1, 0.15) is 0 Å². The third kappa shape index (κ3) is 7.51.